The maximum atomic E-state index is 13.4. The third-order valence-electron chi connectivity index (χ3n) is 2.72. The molecule has 1 aromatic rings. The average Bonchev–Trinajstić information content (AvgIpc) is 2.37. The van der Waals surface area contributed by atoms with Gasteiger partial charge in [-0.3, -0.25) is 0 Å². The van der Waals surface area contributed by atoms with Gasteiger partial charge in [0.05, 0.1) is 0 Å². The highest BCUT2D eigenvalue weighted by molar-refractivity contribution is 5.82. The molecule has 6 heteroatoms. The van der Waals surface area contributed by atoms with Crippen LogP contribution in [0.5, 0.6) is 0 Å². The minimum atomic E-state index is -1.09. The van der Waals surface area contributed by atoms with E-state index in [-0.39, 0.29) is 13.0 Å². The van der Waals surface area contributed by atoms with Crippen LogP contribution in [0.15, 0.2) is 24.3 Å². The van der Waals surface area contributed by atoms with E-state index >= 15 is 0 Å². The molecule has 2 amide bonds. The Labute approximate surface area is 111 Å². The number of hydrogen-bond acceptors (Lipinski definition) is 2. The molecule has 0 aliphatic heterocycles. The first-order valence-electron chi connectivity index (χ1n) is 5.93. The van der Waals surface area contributed by atoms with E-state index in [0.29, 0.717) is 5.56 Å². The van der Waals surface area contributed by atoms with Gasteiger partial charge in [0.25, 0.3) is 0 Å². The van der Waals surface area contributed by atoms with Gasteiger partial charge >= 0.3 is 12.0 Å². The molecule has 1 atom stereocenters. The van der Waals surface area contributed by atoms with Crippen molar-refractivity contribution in [1.29, 1.82) is 0 Å². The summed E-state index contributed by atoms with van der Waals surface area (Å²) in [7, 11) is 1.48. The smallest absolute Gasteiger partial charge is 0.326 e. The van der Waals surface area contributed by atoms with E-state index in [2.05, 4.69) is 5.32 Å². The van der Waals surface area contributed by atoms with E-state index < -0.39 is 23.9 Å². The summed E-state index contributed by atoms with van der Waals surface area (Å²) in [6.07, 6.45) is 0.286. The van der Waals surface area contributed by atoms with Crippen molar-refractivity contribution in [3.05, 3.63) is 35.6 Å². The largest absolute Gasteiger partial charge is 0.480 e. The molecular formula is C13H17FN2O3. The van der Waals surface area contributed by atoms with Crippen molar-refractivity contribution >= 4 is 12.0 Å². The number of carboxylic acids is 1. The molecule has 0 bridgehead atoms. The fourth-order valence-electron chi connectivity index (χ4n) is 1.55. The van der Waals surface area contributed by atoms with E-state index in [1.807, 2.05) is 0 Å². The lowest BCUT2D eigenvalue weighted by atomic mass is 10.2. The third-order valence-corrected chi connectivity index (χ3v) is 2.72. The zero-order valence-corrected chi connectivity index (χ0v) is 10.9. The molecule has 0 radical (unpaired) electrons. The minimum absolute atomic E-state index is 0.0779. The van der Waals surface area contributed by atoms with Crippen molar-refractivity contribution in [2.24, 2.45) is 0 Å². The molecule has 0 aliphatic rings. The Morgan fingerprint density at radius 2 is 2.05 bits per heavy atom. The number of aliphatic carboxylic acids is 1. The number of urea groups is 1. The molecule has 1 aromatic carbocycles. The Hall–Kier alpha value is -2.11. The zero-order chi connectivity index (χ0) is 14.4. The SMILES string of the molecule is CC[C@@H](NC(=O)N(C)Cc1ccccc1F)C(=O)O. The van der Waals surface area contributed by atoms with Gasteiger partial charge in [0.2, 0.25) is 0 Å². The summed E-state index contributed by atoms with van der Waals surface area (Å²) >= 11 is 0. The van der Waals surface area contributed by atoms with Crippen LogP contribution < -0.4 is 5.32 Å². The highest BCUT2D eigenvalue weighted by Crippen LogP contribution is 2.09. The Bertz CT molecular complexity index is 465. The molecule has 0 heterocycles. The number of hydrogen-bond donors (Lipinski definition) is 2. The van der Waals surface area contributed by atoms with Gasteiger partial charge in [-0.15, -0.1) is 0 Å². The Balaban J connectivity index is 2.63. The fourth-order valence-corrected chi connectivity index (χ4v) is 1.55. The predicted molar refractivity (Wildman–Crippen MR) is 68.1 cm³/mol. The zero-order valence-electron chi connectivity index (χ0n) is 10.9. The number of carboxylic acid groups (broad SMARTS) is 1. The molecule has 2 N–H and O–H groups in total. The average molecular weight is 268 g/mol. The highest BCUT2D eigenvalue weighted by atomic mass is 19.1. The van der Waals surface area contributed by atoms with Gasteiger partial charge in [-0.05, 0) is 12.5 Å². The van der Waals surface area contributed by atoms with Gasteiger partial charge < -0.3 is 15.3 Å². The van der Waals surface area contributed by atoms with Gasteiger partial charge in [-0.1, -0.05) is 25.1 Å². The van der Waals surface area contributed by atoms with Crippen LogP contribution in [0.1, 0.15) is 18.9 Å². The van der Waals surface area contributed by atoms with E-state index in [4.69, 9.17) is 5.11 Å². The summed E-state index contributed by atoms with van der Waals surface area (Å²) in [5.74, 6) is -1.48. The molecule has 0 spiro atoms. The standard InChI is InChI=1S/C13H17FN2O3/c1-3-11(12(17)18)15-13(19)16(2)8-9-6-4-5-7-10(9)14/h4-7,11H,3,8H2,1-2H3,(H,15,19)(H,17,18)/t11-/m1/s1. The second-order valence-electron chi connectivity index (χ2n) is 4.20. The number of halogens is 1. The second kappa shape index (κ2) is 6.72. The predicted octanol–water partition coefficient (Wildman–Crippen LogP) is 1.83. The lowest BCUT2D eigenvalue weighted by Gasteiger charge is -2.21. The quantitative estimate of drug-likeness (QED) is 0.856. The van der Waals surface area contributed by atoms with Gasteiger partial charge in [0.15, 0.2) is 0 Å². The normalized spacial score (nSPS) is 11.7. The molecule has 1 rings (SSSR count). The maximum absolute atomic E-state index is 13.4. The molecule has 0 unspecified atom stereocenters. The number of nitrogens with zero attached hydrogens (tertiary/aromatic N) is 1. The van der Waals surface area contributed by atoms with Crippen LogP contribution in [0.4, 0.5) is 9.18 Å². The van der Waals surface area contributed by atoms with Crippen LogP contribution in [0.3, 0.4) is 0 Å². The van der Waals surface area contributed by atoms with E-state index in [9.17, 15) is 14.0 Å². The number of carbonyl (C=O) groups is 2. The number of amides is 2. The lowest BCUT2D eigenvalue weighted by molar-refractivity contribution is -0.139. The van der Waals surface area contributed by atoms with Crippen LogP contribution in [-0.4, -0.2) is 35.1 Å². The number of carbonyl (C=O) groups excluding carboxylic acids is 1. The summed E-state index contributed by atoms with van der Waals surface area (Å²) in [5, 5.41) is 11.2. The van der Waals surface area contributed by atoms with Gasteiger partial charge in [0.1, 0.15) is 11.9 Å². The minimum Gasteiger partial charge on any atom is -0.480 e. The highest BCUT2D eigenvalue weighted by Gasteiger charge is 2.20. The summed E-state index contributed by atoms with van der Waals surface area (Å²) in [4.78, 5) is 23.8. The Morgan fingerprint density at radius 1 is 1.42 bits per heavy atom. The molecule has 0 aliphatic carbocycles. The van der Waals surface area contributed by atoms with Crippen molar-refractivity contribution in [3.63, 3.8) is 0 Å². The van der Waals surface area contributed by atoms with Crippen LogP contribution in [-0.2, 0) is 11.3 Å². The molecule has 0 fully saturated rings. The van der Waals surface area contributed by atoms with Crippen LogP contribution in [0, 0.1) is 5.82 Å². The maximum Gasteiger partial charge on any atom is 0.326 e. The summed E-state index contributed by atoms with van der Waals surface area (Å²) in [6.45, 7) is 1.74. The Kier molecular flexibility index (Phi) is 5.29. The first-order chi connectivity index (χ1) is 8.95. The molecule has 5 nitrogen and oxygen atoms in total. The Morgan fingerprint density at radius 3 is 2.58 bits per heavy atom. The van der Waals surface area contributed by atoms with E-state index in [1.54, 1.807) is 25.1 Å². The molecule has 0 saturated carbocycles. The van der Waals surface area contributed by atoms with E-state index in [1.165, 1.54) is 18.0 Å². The monoisotopic (exact) mass is 268 g/mol. The second-order valence-corrected chi connectivity index (χ2v) is 4.20. The summed E-state index contributed by atoms with van der Waals surface area (Å²) in [5.41, 5.74) is 0.378. The van der Waals surface area contributed by atoms with Crippen LogP contribution in [0.25, 0.3) is 0 Å². The molecule has 0 aromatic heterocycles. The topological polar surface area (TPSA) is 69.6 Å². The fraction of sp³-hybridized carbons (Fsp3) is 0.385. The number of rotatable bonds is 5. The van der Waals surface area contributed by atoms with E-state index in [0.717, 1.165) is 0 Å². The summed E-state index contributed by atoms with van der Waals surface area (Å²) < 4.78 is 13.4. The molecular weight excluding hydrogens is 251 g/mol. The van der Waals surface area contributed by atoms with Crippen molar-refractivity contribution in [1.82, 2.24) is 10.2 Å². The lowest BCUT2D eigenvalue weighted by Crippen LogP contribution is -2.46. The molecule has 104 valence electrons. The number of nitrogens with one attached hydrogen (secondary N) is 1. The van der Waals surface area contributed by atoms with Crippen LogP contribution in [0.2, 0.25) is 0 Å². The van der Waals surface area contributed by atoms with Crippen molar-refractivity contribution in [3.8, 4) is 0 Å². The number of benzene rings is 1. The molecule has 19 heavy (non-hydrogen) atoms. The van der Waals surface area contributed by atoms with Crippen molar-refractivity contribution in [2.75, 3.05) is 7.05 Å². The van der Waals surface area contributed by atoms with Crippen molar-refractivity contribution in [2.45, 2.75) is 25.9 Å². The first-order valence-corrected chi connectivity index (χ1v) is 5.93. The first kappa shape index (κ1) is 14.9. The van der Waals surface area contributed by atoms with Crippen LogP contribution >= 0.6 is 0 Å². The molecule has 0 saturated heterocycles. The third kappa shape index (κ3) is 4.24. The van der Waals surface area contributed by atoms with Gasteiger partial charge in [-0.25, -0.2) is 14.0 Å². The van der Waals surface area contributed by atoms with Crippen molar-refractivity contribution < 1.29 is 19.1 Å². The van der Waals surface area contributed by atoms with Gasteiger partial charge in [-0.2, -0.15) is 0 Å². The van der Waals surface area contributed by atoms with Gasteiger partial charge in [0, 0.05) is 19.2 Å². The summed E-state index contributed by atoms with van der Waals surface area (Å²) in [6, 6.07) is 4.65.